The van der Waals surface area contributed by atoms with Crippen LogP contribution in [0.4, 0.5) is 8.78 Å². The lowest BCUT2D eigenvalue weighted by atomic mass is 10.1. The van der Waals surface area contributed by atoms with E-state index in [1.165, 1.54) is 7.11 Å². The summed E-state index contributed by atoms with van der Waals surface area (Å²) in [6.45, 7) is 2.19. The second-order valence-corrected chi connectivity index (χ2v) is 4.62. The molecule has 1 N–H and O–H groups in total. The van der Waals surface area contributed by atoms with Crippen LogP contribution < -0.4 is 14.8 Å². The van der Waals surface area contributed by atoms with Gasteiger partial charge < -0.3 is 19.5 Å². The van der Waals surface area contributed by atoms with Gasteiger partial charge in [0, 0.05) is 19.2 Å². The van der Waals surface area contributed by atoms with Gasteiger partial charge >= 0.3 is 0 Å². The Morgan fingerprint density at radius 1 is 1.15 bits per heavy atom. The molecule has 1 aromatic rings. The van der Waals surface area contributed by atoms with Crippen LogP contribution in [0.5, 0.6) is 11.5 Å². The minimum atomic E-state index is -0.740. The monoisotopic (exact) mass is 287 g/mol. The zero-order valence-electron chi connectivity index (χ0n) is 11.5. The van der Waals surface area contributed by atoms with Gasteiger partial charge in [-0.1, -0.05) is 0 Å². The molecule has 1 aliphatic rings. The second kappa shape index (κ2) is 7.40. The highest BCUT2D eigenvalue weighted by Gasteiger charge is 2.20. The first-order valence-corrected chi connectivity index (χ1v) is 6.69. The van der Waals surface area contributed by atoms with Crippen LogP contribution in [0, 0.1) is 11.6 Å². The van der Waals surface area contributed by atoms with E-state index in [-0.39, 0.29) is 24.2 Å². The van der Waals surface area contributed by atoms with Crippen LogP contribution in [0.15, 0.2) is 12.1 Å². The lowest BCUT2D eigenvalue weighted by molar-refractivity contribution is 0.142. The first-order chi connectivity index (χ1) is 9.70. The molecule has 0 spiro atoms. The Hall–Kier alpha value is -1.40. The lowest BCUT2D eigenvalue weighted by Gasteiger charge is -2.24. The van der Waals surface area contributed by atoms with Crippen molar-refractivity contribution in [2.75, 3.05) is 33.4 Å². The molecular weight excluding hydrogens is 268 g/mol. The third-order valence-corrected chi connectivity index (χ3v) is 3.10. The Morgan fingerprint density at radius 2 is 1.80 bits per heavy atom. The number of hydrogen-bond acceptors (Lipinski definition) is 4. The van der Waals surface area contributed by atoms with E-state index in [9.17, 15) is 8.78 Å². The van der Waals surface area contributed by atoms with Crippen LogP contribution in [-0.2, 0) is 4.74 Å². The minimum absolute atomic E-state index is 0.134. The number of methoxy groups -OCH3 is 1. The van der Waals surface area contributed by atoms with E-state index < -0.39 is 11.6 Å². The number of benzene rings is 1. The maximum absolute atomic E-state index is 13.9. The average molecular weight is 287 g/mol. The van der Waals surface area contributed by atoms with E-state index in [2.05, 4.69) is 5.32 Å². The normalized spacial score (nSPS) is 16.1. The van der Waals surface area contributed by atoms with Gasteiger partial charge in [-0.15, -0.1) is 0 Å². The molecule has 6 heteroatoms. The molecule has 0 amide bonds. The average Bonchev–Trinajstić information content (AvgIpc) is 2.44. The quantitative estimate of drug-likeness (QED) is 0.814. The predicted octanol–water partition coefficient (Wildman–Crippen LogP) is 2.12. The highest BCUT2D eigenvalue weighted by Crippen LogP contribution is 2.29. The van der Waals surface area contributed by atoms with Crippen molar-refractivity contribution in [3.8, 4) is 11.5 Å². The fourth-order valence-corrected chi connectivity index (χ4v) is 2.06. The zero-order chi connectivity index (χ0) is 14.4. The summed E-state index contributed by atoms with van der Waals surface area (Å²) in [5.41, 5.74) is 0. The van der Waals surface area contributed by atoms with Gasteiger partial charge in [0.15, 0.2) is 17.4 Å². The van der Waals surface area contributed by atoms with Crippen molar-refractivity contribution in [3.05, 3.63) is 23.8 Å². The Labute approximate surface area is 117 Å². The first-order valence-electron chi connectivity index (χ1n) is 6.69. The number of halogens is 2. The standard InChI is InChI=1S/C14H19F2NO3/c1-18-6-7-19-11-8-12(15)14(13(16)9-11)20-10-2-4-17-5-3-10/h8-10,17H,2-7H2,1H3. The number of hydrogen-bond donors (Lipinski definition) is 1. The van der Waals surface area contributed by atoms with Crippen molar-refractivity contribution in [1.82, 2.24) is 5.32 Å². The molecule has 0 unspecified atom stereocenters. The molecule has 1 saturated heterocycles. The largest absolute Gasteiger partial charge is 0.491 e. The predicted molar refractivity (Wildman–Crippen MR) is 70.2 cm³/mol. The van der Waals surface area contributed by atoms with E-state index in [0.717, 1.165) is 38.1 Å². The van der Waals surface area contributed by atoms with Crippen molar-refractivity contribution in [1.29, 1.82) is 0 Å². The van der Waals surface area contributed by atoms with E-state index in [1.54, 1.807) is 0 Å². The van der Waals surface area contributed by atoms with E-state index in [1.807, 2.05) is 0 Å². The van der Waals surface area contributed by atoms with Gasteiger partial charge in [0.25, 0.3) is 0 Å². The summed E-state index contributed by atoms with van der Waals surface area (Å²) in [4.78, 5) is 0. The van der Waals surface area contributed by atoms with Crippen LogP contribution in [0.2, 0.25) is 0 Å². The molecule has 112 valence electrons. The van der Waals surface area contributed by atoms with Crippen LogP contribution in [0.3, 0.4) is 0 Å². The molecule has 0 aromatic heterocycles. The third kappa shape index (κ3) is 4.05. The van der Waals surface area contributed by atoms with Crippen molar-refractivity contribution in [2.24, 2.45) is 0 Å². The van der Waals surface area contributed by atoms with Crippen molar-refractivity contribution >= 4 is 0 Å². The van der Waals surface area contributed by atoms with Gasteiger partial charge in [-0.25, -0.2) is 8.78 Å². The van der Waals surface area contributed by atoms with Gasteiger partial charge in [0.1, 0.15) is 18.5 Å². The molecule has 0 radical (unpaired) electrons. The minimum Gasteiger partial charge on any atom is -0.491 e. The van der Waals surface area contributed by atoms with Crippen molar-refractivity contribution in [3.63, 3.8) is 0 Å². The SMILES string of the molecule is COCCOc1cc(F)c(OC2CCNCC2)c(F)c1. The van der Waals surface area contributed by atoms with E-state index >= 15 is 0 Å². The van der Waals surface area contributed by atoms with Crippen LogP contribution in [0.25, 0.3) is 0 Å². The van der Waals surface area contributed by atoms with E-state index in [4.69, 9.17) is 14.2 Å². The molecular formula is C14H19F2NO3. The summed E-state index contributed by atoms with van der Waals surface area (Å²) >= 11 is 0. The van der Waals surface area contributed by atoms with Crippen molar-refractivity contribution < 1.29 is 23.0 Å². The molecule has 1 aliphatic heterocycles. The van der Waals surface area contributed by atoms with Crippen molar-refractivity contribution in [2.45, 2.75) is 18.9 Å². The van der Waals surface area contributed by atoms with Crippen LogP contribution in [-0.4, -0.2) is 39.5 Å². The highest BCUT2D eigenvalue weighted by molar-refractivity contribution is 5.35. The molecule has 0 bridgehead atoms. The maximum atomic E-state index is 13.9. The number of nitrogens with one attached hydrogen (secondary N) is 1. The Kier molecular flexibility index (Phi) is 5.55. The first kappa shape index (κ1) is 15.0. The molecule has 0 atom stereocenters. The summed E-state index contributed by atoms with van der Waals surface area (Å²) in [6.07, 6.45) is 1.33. The van der Waals surface area contributed by atoms with Gasteiger partial charge in [0.2, 0.25) is 0 Å². The maximum Gasteiger partial charge on any atom is 0.191 e. The Bertz CT molecular complexity index is 413. The lowest BCUT2D eigenvalue weighted by Crippen LogP contribution is -2.34. The fraction of sp³-hybridized carbons (Fsp3) is 0.571. The molecule has 20 heavy (non-hydrogen) atoms. The Morgan fingerprint density at radius 3 is 2.40 bits per heavy atom. The number of ether oxygens (including phenoxy) is 3. The summed E-state index contributed by atoms with van der Waals surface area (Å²) in [5, 5.41) is 3.17. The molecule has 0 saturated carbocycles. The van der Waals surface area contributed by atoms with Crippen LogP contribution in [0.1, 0.15) is 12.8 Å². The highest BCUT2D eigenvalue weighted by atomic mass is 19.1. The Balaban J connectivity index is 2.01. The molecule has 1 aromatic carbocycles. The van der Waals surface area contributed by atoms with Gasteiger partial charge in [0.05, 0.1) is 6.61 Å². The summed E-state index contributed by atoms with van der Waals surface area (Å²) in [5.74, 6) is -1.67. The molecule has 1 heterocycles. The number of piperidine rings is 1. The van der Waals surface area contributed by atoms with Gasteiger partial charge in [-0.2, -0.15) is 0 Å². The van der Waals surface area contributed by atoms with E-state index in [0.29, 0.717) is 6.61 Å². The smallest absolute Gasteiger partial charge is 0.191 e. The van der Waals surface area contributed by atoms with Crippen LogP contribution >= 0.6 is 0 Å². The summed E-state index contributed by atoms with van der Waals surface area (Å²) in [7, 11) is 1.53. The fourth-order valence-electron chi connectivity index (χ4n) is 2.06. The molecule has 4 nitrogen and oxygen atoms in total. The van der Waals surface area contributed by atoms with Gasteiger partial charge in [-0.05, 0) is 25.9 Å². The molecule has 2 rings (SSSR count). The van der Waals surface area contributed by atoms with Gasteiger partial charge in [-0.3, -0.25) is 0 Å². The third-order valence-electron chi connectivity index (χ3n) is 3.10. The second-order valence-electron chi connectivity index (χ2n) is 4.62. The topological polar surface area (TPSA) is 39.7 Å². The summed E-state index contributed by atoms with van der Waals surface area (Å²) in [6, 6.07) is 2.27. The number of rotatable bonds is 6. The summed E-state index contributed by atoms with van der Waals surface area (Å²) < 4.78 is 43.2. The molecule has 0 aliphatic carbocycles. The molecule has 1 fully saturated rings. The zero-order valence-corrected chi connectivity index (χ0v) is 11.5.